The molecule has 0 radical (unpaired) electrons. The number of likely N-dealkylation sites (tertiary alicyclic amines) is 1. The normalized spacial score (nSPS) is 25.7. The molecular weight excluding hydrogens is 337 g/mol. The van der Waals surface area contributed by atoms with E-state index in [4.69, 9.17) is 4.98 Å². The average Bonchev–Trinajstić information content (AvgIpc) is 3.36. The molecule has 1 saturated carbocycles. The maximum Gasteiger partial charge on any atom is 0.153 e. The van der Waals surface area contributed by atoms with Gasteiger partial charge < -0.3 is 0 Å². The van der Waals surface area contributed by atoms with Crippen molar-refractivity contribution in [2.24, 2.45) is 5.92 Å². The molecule has 1 aliphatic heterocycles. The SMILES string of the molecule is Cc1ncsc1CN1C[C@@H](CF)[C@H](c2nc(C3CCCCC3)n[nH]2)C1. The molecule has 2 aliphatic rings. The molecule has 1 aliphatic carbocycles. The summed E-state index contributed by atoms with van der Waals surface area (Å²) in [6.07, 6.45) is 6.24. The van der Waals surface area contributed by atoms with Crippen molar-refractivity contribution in [1.29, 1.82) is 0 Å². The maximum absolute atomic E-state index is 13.6. The zero-order valence-electron chi connectivity index (χ0n) is 14.7. The molecule has 136 valence electrons. The molecule has 7 heteroatoms. The Bertz CT molecular complexity index is 693. The number of rotatable bonds is 5. The highest BCUT2D eigenvalue weighted by molar-refractivity contribution is 7.09. The van der Waals surface area contributed by atoms with Gasteiger partial charge in [-0.3, -0.25) is 14.4 Å². The molecule has 2 aromatic rings. The second-order valence-corrected chi connectivity index (χ2v) is 8.43. The van der Waals surface area contributed by atoms with E-state index in [0.717, 1.165) is 37.0 Å². The van der Waals surface area contributed by atoms with Crippen LogP contribution in [-0.2, 0) is 6.54 Å². The van der Waals surface area contributed by atoms with Gasteiger partial charge in [-0.05, 0) is 19.8 Å². The van der Waals surface area contributed by atoms with Gasteiger partial charge in [0.05, 0.1) is 17.9 Å². The van der Waals surface area contributed by atoms with Crippen LogP contribution < -0.4 is 0 Å². The van der Waals surface area contributed by atoms with Gasteiger partial charge in [0.15, 0.2) is 5.82 Å². The highest BCUT2D eigenvalue weighted by Crippen LogP contribution is 2.35. The molecule has 25 heavy (non-hydrogen) atoms. The highest BCUT2D eigenvalue weighted by Gasteiger charge is 2.36. The van der Waals surface area contributed by atoms with Gasteiger partial charge in [-0.2, -0.15) is 5.10 Å². The molecule has 2 atom stereocenters. The lowest BCUT2D eigenvalue weighted by atomic mass is 9.89. The number of nitrogens with zero attached hydrogens (tertiary/aromatic N) is 4. The predicted octanol–water partition coefficient (Wildman–Crippen LogP) is 3.80. The molecule has 0 amide bonds. The predicted molar refractivity (Wildman–Crippen MR) is 96.5 cm³/mol. The number of halogens is 1. The highest BCUT2D eigenvalue weighted by atomic mass is 32.1. The Morgan fingerprint density at radius 3 is 2.84 bits per heavy atom. The smallest absolute Gasteiger partial charge is 0.153 e. The van der Waals surface area contributed by atoms with Gasteiger partial charge in [0, 0.05) is 42.3 Å². The lowest BCUT2D eigenvalue weighted by Gasteiger charge is -2.18. The Balaban J connectivity index is 1.45. The van der Waals surface area contributed by atoms with Crippen molar-refractivity contribution in [3.63, 3.8) is 0 Å². The van der Waals surface area contributed by atoms with E-state index < -0.39 is 0 Å². The minimum Gasteiger partial charge on any atom is -0.297 e. The number of aryl methyl sites for hydroxylation is 1. The largest absolute Gasteiger partial charge is 0.297 e. The van der Waals surface area contributed by atoms with E-state index in [1.165, 1.54) is 37.0 Å². The van der Waals surface area contributed by atoms with Crippen molar-refractivity contribution in [3.05, 3.63) is 27.7 Å². The van der Waals surface area contributed by atoms with Crippen LogP contribution >= 0.6 is 11.3 Å². The topological polar surface area (TPSA) is 57.7 Å². The van der Waals surface area contributed by atoms with E-state index in [9.17, 15) is 4.39 Å². The first-order chi connectivity index (χ1) is 12.2. The number of thiazole rings is 1. The number of hydrogen-bond donors (Lipinski definition) is 1. The van der Waals surface area contributed by atoms with Gasteiger partial charge in [-0.25, -0.2) is 9.97 Å². The molecule has 3 heterocycles. The van der Waals surface area contributed by atoms with Crippen LogP contribution in [-0.4, -0.2) is 44.8 Å². The third kappa shape index (κ3) is 3.62. The van der Waals surface area contributed by atoms with E-state index in [2.05, 4.69) is 20.1 Å². The first-order valence-electron chi connectivity index (χ1n) is 9.34. The number of hydrogen-bond acceptors (Lipinski definition) is 5. The van der Waals surface area contributed by atoms with Crippen LogP contribution in [0, 0.1) is 12.8 Å². The van der Waals surface area contributed by atoms with Crippen LogP contribution in [0.5, 0.6) is 0 Å². The zero-order chi connectivity index (χ0) is 17.2. The summed E-state index contributed by atoms with van der Waals surface area (Å²) in [7, 11) is 0. The van der Waals surface area contributed by atoms with Crippen molar-refractivity contribution < 1.29 is 4.39 Å². The van der Waals surface area contributed by atoms with Crippen molar-refractivity contribution in [1.82, 2.24) is 25.1 Å². The molecule has 5 nitrogen and oxygen atoms in total. The van der Waals surface area contributed by atoms with Crippen molar-refractivity contribution >= 4 is 11.3 Å². The van der Waals surface area contributed by atoms with Gasteiger partial charge in [0.2, 0.25) is 0 Å². The summed E-state index contributed by atoms with van der Waals surface area (Å²) in [6.45, 7) is 4.21. The van der Waals surface area contributed by atoms with Crippen LogP contribution in [0.1, 0.15) is 66.2 Å². The Hall–Kier alpha value is -1.34. The summed E-state index contributed by atoms with van der Waals surface area (Å²) in [6, 6.07) is 0. The number of nitrogens with one attached hydrogen (secondary N) is 1. The second kappa shape index (κ2) is 7.50. The first kappa shape index (κ1) is 17.1. The van der Waals surface area contributed by atoms with Crippen LogP contribution in [0.15, 0.2) is 5.51 Å². The number of alkyl halides is 1. The Morgan fingerprint density at radius 2 is 2.12 bits per heavy atom. The molecule has 0 unspecified atom stereocenters. The van der Waals surface area contributed by atoms with Crippen LogP contribution in [0.4, 0.5) is 4.39 Å². The summed E-state index contributed by atoms with van der Waals surface area (Å²) in [4.78, 5) is 12.7. The fourth-order valence-electron chi connectivity index (χ4n) is 4.23. The van der Waals surface area contributed by atoms with E-state index in [1.54, 1.807) is 11.3 Å². The summed E-state index contributed by atoms with van der Waals surface area (Å²) in [5, 5.41) is 7.62. The molecule has 1 saturated heterocycles. The molecule has 2 aromatic heterocycles. The molecule has 0 aromatic carbocycles. The lowest BCUT2D eigenvalue weighted by molar-refractivity contribution is 0.297. The van der Waals surface area contributed by atoms with E-state index >= 15 is 0 Å². The fourth-order valence-corrected chi connectivity index (χ4v) is 5.05. The average molecular weight is 364 g/mol. The summed E-state index contributed by atoms with van der Waals surface area (Å²) < 4.78 is 13.6. The van der Waals surface area contributed by atoms with Gasteiger partial charge >= 0.3 is 0 Å². The first-order valence-corrected chi connectivity index (χ1v) is 10.2. The van der Waals surface area contributed by atoms with Crippen LogP contribution in [0.3, 0.4) is 0 Å². The molecule has 1 N–H and O–H groups in total. The summed E-state index contributed by atoms with van der Waals surface area (Å²) in [5.74, 6) is 2.43. The van der Waals surface area contributed by atoms with Crippen molar-refractivity contribution in [3.8, 4) is 0 Å². The van der Waals surface area contributed by atoms with Gasteiger partial charge in [-0.15, -0.1) is 11.3 Å². The maximum atomic E-state index is 13.6. The van der Waals surface area contributed by atoms with Crippen molar-refractivity contribution in [2.45, 2.75) is 57.4 Å². The lowest BCUT2D eigenvalue weighted by Crippen LogP contribution is -2.20. The van der Waals surface area contributed by atoms with Gasteiger partial charge in [-0.1, -0.05) is 19.3 Å². The van der Waals surface area contributed by atoms with Gasteiger partial charge in [0.25, 0.3) is 0 Å². The second-order valence-electron chi connectivity index (χ2n) is 7.49. The molecule has 0 bridgehead atoms. The summed E-state index contributed by atoms with van der Waals surface area (Å²) >= 11 is 1.68. The molecule has 4 rings (SSSR count). The fraction of sp³-hybridized carbons (Fsp3) is 0.722. The molecule has 2 fully saturated rings. The third-order valence-electron chi connectivity index (χ3n) is 5.77. The Labute approximate surface area is 152 Å². The number of H-pyrrole nitrogens is 1. The molecule has 0 spiro atoms. The van der Waals surface area contributed by atoms with E-state index in [0.29, 0.717) is 5.92 Å². The van der Waals surface area contributed by atoms with Crippen molar-refractivity contribution in [2.75, 3.05) is 19.8 Å². The standard InChI is InChI=1S/C18H26FN5S/c1-12-16(25-11-20-12)10-24-8-14(7-19)15(9-24)18-21-17(22-23-18)13-5-3-2-4-6-13/h11,13-15H,2-10H2,1H3,(H,21,22,23)/t14-,15-/m1/s1. The molecular formula is C18H26FN5S. The van der Waals surface area contributed by atoms with Crippen LogP contribution in [0.25, 0.3) is 0 Å². The number of aromatic nitrogens is 4. The Morgan fingerprint density at radius 1 is 1.28 bits per heavy atom. The summed E-state index contributed by atoms with van der Waals surface area (Å²) in [5.41, 5.74) is 2.97. The quantitative estimate of drug-likeness (QED) is 0.878. The monoisotopic (exact) mass is 363 g/mol. The minimum atomic E-state index is -0.303. The van der Waals surface area contributed by atoms with E-state index in [-0.39, 0.29) is 18.5 Å². The van der Waals surface area contributed by atoms with Crippen LogP contribution in [0.2, 0.25) is 0 Å². The Kier molecular flexibility index (Phi) is 5.12. The third-order valence-corrected chi connectivity index (χ3v) is 6.69. The van der Waals surface area contributed by atoms with Gasteiger partial charge in [0.1, 0.15) is 5.82 Å². The zero-order valence-corrected chi connectivity index (χ0v) is 15.6. The number of aromatic amines is 1. The minimum absolute atomic E-state index is 0.000355. The van der Waals surface area contributed by atoms with E-state index in [1.807, 2.05) is 12.4 Å².